The number of carbonyl (C=O) groups excluding carboxylic acids is 4. The molecule has 1 atom stereocenters. The maximum atomic E-state index is 12.8. The third-order valence-electron chi connectivity index (χ3n) is 5.42. The van der Waals surface area contributed by atoms with Gasteiger partial charge in [-0.3, -0.25) is 24.5 Å². The standard InChI is InChI=1S/C21H16N4O5S/c26-17-6-5-15(19(28)24-17)25-9-11-7-12(2-3-13(11)20(25)29)22-18(27)10-1-4-14-16(8-10)31-21(30)23-14/h1-4,7-8,15H,5-6,9H2,(H,22,27)(H,23,30)(H,24,26,28). The second-order valence-corrected chi connectivity index (χ2v) is 8.41. The summed E-state index contributed by atoms with van der Waals surface area (Å²) in [6, 6.07) is 9.25. The number of carbonyl (C=O) groups is 4. The maximum Gasteiger partial charge on any atom is 0.271 e. The Kier molecular flexibility index (Phi) is 4.44. The number of fused-ring (bicyclic) bond motifs is 2. The van der Waals surface area contributed by atoms with Crippen LogP contribution in [0.2, 0.25) is 0 Å². The van der Waals surface area contributed by atoms with E-state index in [1.807, 2.05) is 0 Å². The minimum absolute atomic E-state index is 0.0589. The molecule has 10 heteroatoms. The molecule has 1 aromatic heterocycles. The first kappa shape index (κ1) is 19.2. The van der Waals surface area contributed by atoms with E-state index in [4.69, 9.17) is 0 Å². The van der Waals surface area contributed by atoms with Gasteiger partial charge in [-0.15, -0.1) is 0 Å². The summed E-state index contributed by atoms with van der Waals surface area (Å²) in [6.45, 7) is 0.232. The molecule has 0 bridgehead atoms. The van der Waals surface area contributed by atoms with Gasteiger partial charge in [0.2, 0.25) is 11.8 Å². The van der Waals surface area contributed by atoms with E-state index in [1.54, 1.807) is 36.4 Å². The van der Waals surface area contributed by atoms with Crippen molar-refractivity contribution in [2.75, 3.05) is 5.32 Å². The number of hydrogen-bond acceptors (Lipinski definition) is 7. The first-order valence-corrected chi connectivity index (χ1v) is 10.4. The van der Waals surface area contributed by atoms with Crippen molar-refractivity contribution in [2.24, 2.45) is 0 Å². The molecule has 1 unspecified atom stereocenters. The average molecular weight is 436 g/mol. The number of piperidine rings is 1. The highest BCUT2D eigenvalue weighted by Crippen LogP contribution is 2.30. The Morgan fingerprint density at radius 1 is 1.19 bits per heavy atom. The van der Waals surface area contributed by atoms with Gasteiger partial charge < -0.3 is 15.3 Å². The van der Waals surface area contributed by atoms with Crippen LogP contribution in [0.3, 0.4) is 0 Å². The summed E-state index contributed by atoms with van der Waals surface area (Å²) in [5, 5.41) is 14.5. The molecule has 0 spiro atoms. The Morgan fingerprint density at radius 2 is 2.03 bits per heavy atom. The molecule has 0 radical (unpaired) electrons. The van der Waals surface area contributed by atoms with Crippen LogP contribution in [0.5, 0.6) is 5.19 Å². The van der Waals surface area contributed by atoms with E-state index in [0.29, 0.717) is 39.0 Å². The van der Waals surface area contributed by atoms with Crippen molar-refractivity contribution in [3.8, 4) is 5.19 Å². The van der Waals surface area contributed by atoms with Gasteiger partial charge in [0.1, 0.15) is 6.04 Å². The topological polar surface area (TPSA) is 129 Å². The summed E-state index contributed by atoms with van der Waals surface area (Å²) in [5.74, 6) is -1.39. The van der Waals surface area contributed by atoms with Crippen LogP contribution in [0.1, 0.15) is 39.1 Å². The minimum atomic E-state index is -0.682. The third kappa shape index (κ3) is 3.40. The third-order valence-corrected chi connectivity index (χ3v) is 6.24. The van der Waals surface area contributed by atoms with E-state index in [-0.39, 0.29) is 35.9 Å². The lowest BCUT2D eigenvalue weighted by Crippen LogP contribution is -2.52. The predicted molar refractivity (Wildman–Crippen MR) is 112 cm³/mol. The monoisotopic (exact) mass is 436 g/mol. The predicted octanol–water partition coefficient (Wildman–Crippen LogP) is 2.02. The van der Waals surface area contributed by atoms with Gasteiger partial charge in [0.05, 0.1) is 10.2 Å². The average Bonchev–Trinajstić information content (AvgIpc) is 3.26. The largest absolute Gasteiger partial charge is 0.486 e. The zero-order valence-electron chi connectivity index (χ0n) is 16.0. The fourth-order valence-electron chi connectivity index (χ4n) is 3.91. The number of imide groups is 1. The highest BCUT2D eigenvalue weighted by atomic mass is 32.1. The molecule has 1 fully saturated rings. The van der Waals surface area contributed by atoms with E-state index in [0.717, 1.165) is 11.3 Å². The Balaban J connectivity index is 1.34. The highest BCUT2D eigenvalue weighted by Gasteiger charge is 2.39. The quantitative estimate of drug-likeness (QED) is 0.539. The van der Waals surface area contributed by atoms with Gasteiger partial charge in [0.15, 0.2) is 0 Å². The summed E-state index contributed by atoms with van der Waals surface area (Å²) in [4.78, 5) is 54.4. The number of benzene rings is 2. The van der Waals surface area contributed by atoms with Crippen LogP contribution in [0.15, 0.2) is 36.4 Å². The van der Waals surface area contributed by atoms with Gasteiger partial charge in [-0.25, -0.2) is 4.98 Å². The second kappa shape index (κ2) is 7.17. The molecule has 9 nitrogen and oxygen atoms in total. The first-order chi connectivity index (χ1) is 14.9. The molecule has 0 saturated carbocycles. The molecule has 4 amide bonds. The lowest BCUT2D eigenvalue weighted by molar-refractivity contribution is -0.136. The van der Waals surface area contributed by atoms with Crippen molar-refractivity contribution < 1.29 is 24.3 Å². The number of rotatable bonds is 3. The van der Waals surface area contributed by atoms with Crippen molar-refractivity contribution in [3.05, 3.63) is 53.1 Å². The molecule has 0 aliphatic carbocycles. The van der Waals surface area contributed by atoms with Crippen LogP contribution in [0, 0.1) is 0 Å². The summed E-state index contributed by atoms with van der Waals surface area (Å²) in [6.07, 6.45) is 0.489. The zero-order chi connectivity index (χ0) is 21.7. The van der Waals surface area contributed by atoms with Gasteiger partial charge in [0.25, 0.3) is 17.0 Å². The van der Waals surface area contributed by atoms with Crippen LogP contribution < -0.4 is 10.6 Å². The molecule has 3 heterocycles. The number of hydrogen-bond donors (Lipinski definition) is 3. The summed E-state index contributed by atoms with van der Waals surface area (Å²) >= 11 is 1.09. The van der Waals surface area contributed by atoms with Crippen molar-refractivity contribution in [1.29, 1.82) is 0 Å². The zero-order valence-corrected chi connectivity index (χ0v) is 16.9. The van der Waals surface area contributed by atoms with Crippen molar-refractivity contribution in [3.63, 3.8) is 0 Å². The SMILES string of the molecule is O=C1CCC(N2Cc3cc(NC(=O)c4ccc5nc(O)sc5c4)ccc3C2=O)C(=O)N1. The van der Waals surface area contributed by atoms with E-state index in [1.165, 1.54) is 4.90 Å². The number of aromatic hydroxyl groups is 1. The van der Waals surface area contributed by atoms with Crippen molar-refractivity contribution in [2.45, 2.75) is 25.4 Å². The molecule has 3 aromatic rings. The number of aromatic nitrogens is 1. The van der Waals surface area contributed by atoms with Crippen molar-refractivity contribution in [1.82, 2.24) is 15.2 Å². The summed E-state index contributed by atoms with van der Waals surface area (Å²) in [5.41, 5.74) is 2.73. The summed E-state index contributed by atoms with van der Waals surface area (Å²) in [7, 11) is 0. The molecular weight excluding hydrogens is 420 g/mol. The molecular formula is C21H16N4O5S. The molecule has 2 aliphatic rings. The second-order valence-electron chi connectivity index (χ2n) is 7.40. The van der Waals surface area contributed by atoms with Gasteiger partial charge >= 0.3 is 0 Å². The minimum Gasteiger partial charge on any atom is -0.486 e. The Labute approximate surface area is 179 Å². The molecule has 1 saturated heterocycles. The van der Waals surface area contributed by atoms with Gasteiger partial charge in [-0.1, -0.05) is 11.3 Å². The normalized spacial score (nSPS) is 18.3. The van der Waals surface area contributed by atoms with Crippen LogP contribution in [-0.4, -0.2) is 44.7 Å². The lowest BCUT2D eigenvalue weighted by Gasteiger charge is -2.29. The van der Waals surface area contributed by atoms with Crippen LogP contribution >= 0.6 is 11.3 Å². The number of thiazole rings is 1. The number of nitrogens with zero attached hydrogens (tertiary/aromatic N) is 2. The Bertz CT molecular complexity index is 1280. The molecule has 2 aliphatic heterocycles. The number of amides is 4. The Morgan fingerprint density at radius 3 is 2.84 bits per heavy atom. The van der Waals surface area contributed by atoms with Gasteiger partial charge in [-0.2, -0.15) is 0 Å². The molecule has 3 N–H and O–H groups in total. The van der Waals surface area contributed by atoms with Crippen LogP contribution in [0.4, 0.5) is 5.69 Å². The highest BCUT2D eigenvalue weighted by molar-refractivity contribution is 7.20. The van der Waals surface area contributed by atoms with Gasteiger partial charge in [0, 0.05) is 29.8 Å². The van der Waals surface area contributed by atoms with E-state index in [2.05, 4.69) is 15.6 Å². The number of nitrogens with one attached hydrogen (secondary N) is 2. The lowest BCUT2D eigenvalue weighted by atomic mass is 10.0. The van der Waals surface area contributed by atoms with E-state index < -0.39 is 11.9 Å². The Hall–Kier alpha value is -3.79. The maximum absolute atomic E-state index is 12.8. The van der Waals surface area contributed by atoms with Crippen LogP contribution in [0.25, 0.3) is 10.2 Å². The molecule has 156 valence electrons. The molecule has 2 aromatic carbocycles. The van der Waals surface area contributed by atoms with Crippen LogP contribution in [-0.2, 0) is 16.1 Å². The molecule has 5 rings (SSSR count). The van der Waals surface area contributed by atoms with Crippen molar-refractivity contribution >= 4 is 50.9 Å². The van der Waals surface area contributed by atoms with E-state index in [9.17, 15) is 24.3 Å². The first-order valence-electron chi connectivity index (χ1n) is 9.57. The van der Waals surface area contributed by atoms with Gasteiger partial charge in [-0.05, 0) is 48.4 Å². The fourth-order valence-corrected chi connectivity index (χ4v) is 4.65. The van der Waals surface area contributed by atoms with E-state index >= 15 is 0 Å². The smallest absolute Gasteiger partial charge is 0.271 e. The fraction of sp³-hybridized carbons (Fsp3) is 0.190. The summed E-state index contributed by atoms with van der Waals surface area (Å²) < 4.78 is 0.699. The molecule has 31 heavy (non-hydrogen) atoms. The number of anilines is 1.